The third kappa shape index (κ3) is 5.55. The number of rotatable bonds is 6. The molecule has 0 aliphatic heterocycles. The largest absolute Gasteiger partial charge is 0.456 e. The number of benzene rings is 6. The summed E-state index contributed by atoms with van der Waals surface area (Å²) in [6.07, 6.45) is 8.48. The summed E-state index contributed by atoms with van der Waals surface area (Å²) in [5.74, 6) is 4.70. The Bertz CT molecular complexity index is 2760. The molecule has 0 N–H and O–H groups in total. The number of nitrogens with zero attached hydrogens (tertiary/aromatic N) is 4. The first-order valence-corrected chi connectivity index (χ1v) is 19.6. The minimum absolute atomic E-state index is 0.374. The normalized spacial score (nSPS) is 21.3. The van der Waals surface area contributed by atoms with E-state index in [2.05, 4.69) is 109 Å². The maximum atomic E-state index is 9.35. The first kappa shape index (κ1) is 32.1. The molecule has 5 nitrogen and oxygen atoms in total. The first-order valence-electron chi connectivity index (χ1n) is 19.6. The van der Waals surface area contributed by atoms with Gasteiger partial charge in [-0.15, -0.1) is 0 Å². The minimum atomic E-state index is 0.374. The fourth-order valence-corrected chi connectivity index (χ4v) is 10.6. The van der Waals surface area contributed by atoms with Crippen LogP contribution in [0.15, 0.2) is 144 Å². The number of fused-ring (bicyclic) bond motifs is 3. The van der Waals surface area contributed by atoms with Crippen LogP contribution in [0, 0.1) is 29.1 Å². The van der Waals surface area contributed by atoms with E-state index < -0.39 is 0 Å². The number of hydrogen-bond acceptors (Lipinski definition) is 5. The molecule has 12 rings (SSSR count). The van der Waals surface area contributed by atoms with Crippen LogP contribution in [0.1, 0.15) is 49.7 Å². The van der Waals surface area contributed by atoms with Crippen LogP contribution in [0.5, 0.6) is 0 Å². The van der Waals surface area contributed by atoms with Gasteiger partial charge in [-0.2, -0.15) is 5.26 Å². The van der Waals surface area contributed by atoms with Gasteiger partial charge in [0.2, 0.25) is 0 Å². The molecule has 4 bridgehead atoms. The van der Waals surface area contributed by atoms with Crippen molar-refractivity contribution in [1.29, 1.82) is 5.26 Å². The average molecular weight is 711 g/mol. The van der Waals surface area contributed by atoms with Gasteiger partial charge in [-0.05, 0) is 120 Å². The molecule has 8 aromatic rings. The molecule has 2 heterocycles. The second kappa shape index (κ2) is 12.6. The van der Waals surface area contributed by atoms with Crippen molar-refractivity contribution < 1.29 is 4.42 Å². The van der Waals surface area contributed by atoms with Crippen molar-refractivity contribution in [2.24, 2.45) is 17.8 Å². The van der Waals surface area contributed by atoms with Gasteiger partial charge in [-0.25, -0.2) is 15.0 Å². The highest BCUT2D eigenvalue weighted by molar-refractivity contribution is 6.06. The van der Waals surface area contributed by atoms with Crippen LogP contribution in [0.2, 0.25) is 0 Å². The first-order chi connectivity index (χ1) is 27.1. The Morgan fingerprint density at radius 3 is 1.69 bits per heavy atom. The molecule has 0 atom stereocenters. The van der Waals surface area contributed by atoms with Crippen LogP contribution in [-0.2, 0) is 5.41 Å². The highest BCUT2D eigenvalue weighted by Gasteiger charge is 2.51. The van der Waals surface area contributed by atoms with Gasteiger partial charge >= 0.3 is 0 Å². The molecule has 6 aromatic carbocycles. The molecule has 0 radical (unpaired) electrons. The molecule has 4 aliphatic carbocycles. The van der Waals surface area contributed by atoms with E-state index in [1.165, 1.54) is 49.7 Å². The molecular weight excluding hydrogens is 673 g/mol. The monoisotopic (exact) mass is 710 g/mol. The van der Waals surface area contributed by atoms with Gasteiger partial charge in [0.25, 0.3) is 0 Å². The standard InChI is InChI=1S/C50H38N4O/c51-30-31-10-20-42-43-21-17-39(26-46(43)55-45(42)25-31)35-11-13-38(14-12-35)48-52-47(37-6-2-1-3-7-37)53-49(54-48)44-9-5-4-8-41(44)36-15-18-40(19-16-36)50-27-32-22-33(28-50)24-34(23-32)29-50/h1-21,25-26,32-34H,22-24,27-29H2/t32-,33+,34-,50?. The number of hydrogen-bond donors (Lipinski definition) is 0. The van der Waals surface area contributed by atoms with Crippen LogP contribution in [-0.4, -0.2) is 15.0 Å². The molecule has 4 aliphatic rings. The molecule has 4 fully saturated rings. The Hall–Kier alpha value is -6.38. The van der Waals surface area contributed by atoms with Crippen LogP contribution >= 0.6 is 0 Å². The van der Waals surface area contributed by atoms with Crippen molar-refractivity contribution in [2.45, 2.75) is 43.9 Å². The number of furan rings is 1. The third-order valence-corrected chi connectivity index (χ3v) is 12.8. The highest BCUT2D eigenvalue weighted by Crippen LogP contribution is 2.60. The third-order valence-electron chi connectivity index (χ3n) is 12.8. The summed E-state index contributed by atoms with van der Waals surface area (Å²) in [6.45, 7) is 0. The molecule has 55 heavy (non-hydrogen) atoms. The van der Waals surface area contributed by atoms with E-state index in [-0.39, 0.29) is 0 Å². The summed E-state index contributed by atoms with van der Waals surface area (Å²) in [5.41, 5.74) is 11.3. The Morgan fingerprint density at radius 2 is 1.02 bits per heavy atom. The van der Waals surface area contributed by atoms with E-state index in [1.54, 1.807) is 6.07 Å². The van der Waals surface area contributed by atoms with Gasteiger partial charge < -0.3 is 4.42 Å². The maximum absolute atomic E-state index is 9.35. The summed E-state index contributed by atoms with van der Waals surface area (Å²) in [6, 6.07) is 50.6. The zero-order valence-electron chi connectivity index (χ0n) is 30.5. The Balaban J connectivity index is 0.949. The average Bonchev–Trinajstić information content (AvgIpc) is 3.60. The smallest absolute Gasteiger partial charge is 0.164 e. The van der Waals surface area contributed by atoms with E-state index in [0.717, 1.165) is 73.1 Å². The second-order valence-electron chi connectivity index (χ2n) is 16.2. The van der Waals surface area contributed by atoms with E-state index in [9.17, 15) is 5.26 Å². The quantitative estimate of drug-likeness (QED) is 0.172. The van der Waals surface area contributed by atoms with Gasteiger partial charge in [0.1, 0.15) is 11.2 Å². The van der Waals surface area contributed by atoms with Gasteiger partial charge in [0.15, 0.2) is 17.5 Å². The van der Waals surface area contributed by atoms with Gasteiger partial charge in [-0.1, -0.05) is 109 Å². The fraction of sp³-hybridized carbons (Fsp3) is 0.200. The molecular formula is C50H38N4O. The maximum Gasteiger partial charge on any atom is 0.164 e. The van der Waals surface area contributed by atoms with Crippen molar-refractivity contribution in [3.8, 4) is 62.5 Å². The molecule has 5 heteroatoms. The van der Waals surface area contributed by atoms with Crippen molar-refractivity contribution in [1.82, 2.24) is 15.0 Å². The van der Waals surface area contributed by atoms with Crippen molar-refractivity contribution >= 4 is 21.9 Å². The van der Waals surface area contributed by atoms with Crippen LogP contribution in [0.3, 0.4) is 0 Å². The molecule has 2 aromatic heterocycles. The molecule has 0 spiro atoms. The Labute approximate surface area is 320 Å². The SMILES string of the molecule is N#Cc1ccc2c(c1)oc1cc(-c3ccc(-c4nc(-c5ccccc5)nc(-c5ccccc5-c5ccc(C67C[C@H]8C[C@@H](C6)C[C@@H](C7)C8)cc5)n4)cc3)ccc12. The van der Waals surface area contributed by atoms with E-state index in [0.29, 0.717) is 28.5 Å². The summed E-state index contributed by atoms with van der Waals surface area (Å²) in [5, 5.41) is 11.4. The zero-order valence-corrected chi connectivity index (χ0v) is 30.5. The minimum Gasteiger partial charge on any atom is -0.456 e. The summed E-state index contributed by atoms with van der Waals surface area (Å²) < 4.78 is 6.18. The van der Waals surface area contributed by atoms with E-state index >= 15 is 0 Å². The molecule has 4 saturated carbocycles. The summed E-state index contributed by atoms with van der Waals surface area (Å²) >= 11 is 0. The molecule has 0 saturated heterocycles. The van der Waals surface area contributed by atoms with Crippen molar-refractivity contribution in [3.63, 3.8) is 0 Å². The lowest BCUT2D eigenvalue weighted by Crippen LogP contribution is -2.48. The second-order valence-corrected chi connectivity index (χ2v) is 16.2. The van der Waals surface area contributed by atoms with Gasteiger partial charge in [-0.3, -0.25) is 0 Å². The molecule has 0 amide bonds. The van der Waals surface area contributed by atoms with Crippen LogP contribution < -0.4 is 0 Å². The number of aromatic nitrogens is 3. The lowest BCUT2D eigenvalue weighted by molar-refractivity contribution is -0.00518. The topological polar surface area (TPSA) is 75.6 Å². The van der Waals surface area contributed by atoms with E-state index in [4.69, 9.17) is 19.4 Å². The highest BCUT2D eigenvalue weighted by atomic mass is 16.3. The van der Waals surface area contributed by atoms with Crippen molar-refractivity contribution in [3.05, 3.63) is 151 Å². The predicted octanol–water partition coefficient (Wildman–Crippen LogP) is 12.4. The Kier molecular flexibility index (Phi) is 7.35. The summed E-state index contributed by atoms with van der Waals surface area (Å²) in [7, 11) is 0. The van der Waals surface area contributed by atoms with Crippen molar-refractivity contribution in [2.75, 3.05) is 0 Å². The number of nitriles is 1. The van der Waals surface area contributed by atoms with E-state index in [1.807, 2.05) is 30.3 Å². The lowest BCUT2D eigenvalue weighted by atomic mass is 9.48. The molecule has 264 valence electrons. The zero-order chi connectivity index (χ0) is 36.5. The van der Waals surface area contributed by atoms with Gasteiger partial charge in [0.05, 0.1) is 11.6 Å². The fourth-order valence-electron chi connectivity index (χ4n) is 10.6. The Morgan fingerprint density at radius 1 is 0.491 bits per heavy atom. The van der Waals surface area contributed by atoms with Crippen LogP contribution in [0.25, 0.3) is 78.4 Å². The summed E-state index contributed by atoms with van der Waals surface area (Å²) in [4.78, 5) is 15.3. The van der Waals surface area contributed by atoms with Gasteiger partial charge in [0, 0.05) is 27.5 Å². The van der Waals surface area contributed by atoms with Crippen LogP contribution in [0.4, 0.5) is 0 Å². The predicted molar refractivity (Wildman–Crippen MR) is 219 cm³/mol. The lowest BCUT2D eigenvalue weighted by Gasteiger charge is -2.57. The molecule has 0 unspecified atom stereocenters.